The Kier molecular flexibility index (Phi) is 4.45. The summed E-state index contributed by atoms with van der Waals surface area (Å²) >= 11 is 1.04. The molecule has 148 valence electrons. The number of carbonyl (C=O) groups is 2. The maximum absolute atomic E-state index is 12.2. The van der Waals surface area contributed by atoms with Crippen molar-refractivity contribution in [1.82, 2.24) is 14.9 Å². The van der Waals surface area contributed by atoms with Crippen LogP contribution in [0.15, 0.2) is 30.3 Å². The van der Waals surface area contributed by atoms with E-state index in [1.807, 2.05) is 6.07 Å². The summed E-state index contributed by atoms with van der Waals surface area (Å²) in [6, 6.07) is 7.47. The number of rotatable bonds is 5. The summed E-state index contributed by atoms with van der Waals surface area (Å²) in [6.45, 7) is 0.321. The Morgan fingerprint density at radius 1 is 1.36 bits per heavy atom. The third-order valence-corrected chi connectivity index (χ3v) is 5.89. The molecular weight excluding hydrogens is 412 g/mol. The van der Waals surface area contributed by atoms with Gasteiger partial charge in [0.1, 0.15) is 6.04 Å². The molecule has 4 rings (SSSR count). The largest absolute Gasteiger partial charge is 0.465 e. The van der Waals surface area contributed by atoms with E-state index in [1.54, 1.807) is 24.3 Å². The average Bonchev–Trinajstić information content (AvgIpc) is 3.15. The number of amides is 3. The standard InChI is InChI=1S/C15H14N4O7S2/c20-14-17-7-10-12(11(8-17)19(14)26-28(23,24)25)27-13(16-10)18(15(21)22)6-9-4-2-1-3-5-9/h1-5,11H,6-8H2,(H,21,22)(H,23,24,25). The van der Waals surface area contributed by atoms with Gasteiger partial charge < -0.3 is 10.0 Å². The van der Waals surface area contributed by atoms with Gasteiger partial charge in [0.05, 0.1) is 30.2 Å². The van der Waals surface area contributed by atoms with Gasteiger partial charge in [-0.15, -0.1) is 4.28 Å². The van der Waals surface area contributed by atoms with E-state index in [2.05, 4.69) is 9.27 Å². The predicted molar refractivity (Wildman–Crippen MR) is 95.8 cm³/mol. The molecule has 1 atom stereocenters. The van der Waals surface area contributed by atoms with Crippen molar-refractivity contribution in [3.05, 3.63) is 46.5 Å². The summed E-state index contributed by atoms with van der Waals surface area (Å²) in [5, 5.41) is 10.4. The highest BCUT2D eigenvalue weighted by Crippen LogP contribution is 2.43. The van der Waals surface area contributed by atoms with Crippen LogP contribution in [0.5, 0.6) is 0 Å². The SMILES string of the molecule is O=C(O)N(Cc1ccccc1)c1nc2c(s1)C1CN(C2)C(=O)N1OS(=O)(=O)O. The highest BCUT2D eigenvalue weighted by atomic mass is 32.3. The van der Waals surface area contributed by atoms with E-state index in [-0.39, 0.29) is 24.8 Å². The van der Waals surface area contributed by atoms with Crippen molar-refractivity contribution in [3.63, 3.8) is 0 Å². The molecule has 0 saturated carbocycles. The van der Waals surface area contributed by atoms with Gasteiger partial charge >= 0.3 is 22.5 Å². The van der Waals surface area contributed by atoms with Gasteiger partial charge in [0.15, 0.2) is 5.13 Å². The molecule has 2 bridgehead atoms. The molecule has 1 aromatic carbocycles. The van der Waals surface area contributed by atoms with Gasteiger partial charge in [-0.3, -0.25) is 4.55 Å². The fraction of sp³-hybridized carbons (Fsp3) is 0.267. The van der Waals surface area contributed by atoms with Gasteiger partial charge in [-0.2, -0.15) is 13.5 Å². The third-order valence-electron chi connectivity index (χ3n) is 4.31. The van der Waals surface area contributed by atoms with Crippen LogP contribution in [0.25, 0.3) is 0 Å². The summed E-state index contributed by atoms with van der Waals surface area (Å²) in [5.74, 6) is 0. The molecule has 28 heavy (non-hydrogen) atoms. The minimum Gasteiger partial charge on any atom is -0.465 e. The van der Waals surface area contributed by atoms with Gasteiger partial charge in [0, 0.05) is 0 Å². The molecule has 2 aliphatic heterocycles. The molecule has 3 amide bonds. The highest BCUT2D eigenvalue weighted by molar-refractivity contribution is 7.80. The predicted octanol–water partition coefficient (Wildman–Crippen LogP) is 1.85. The summed E-state index contributed by atoms with van der Waals surface area (Å²) < 4.78 is 35.5. The Labute approximate surface area is 163 Å². The van der Waals surface area contributed by atoms with E-state index in [9.17, 15) is 23.1 Å². The number of carbonyl (C=O) groups excluding carboxylic acids is 1. The number of hydrogen-bond donors (Lipinski definition) is 2. The number of thiazole rings is 1. The first-order valence-corrected chi connectivity index (χ1v) is 10.2. The zero-order chi connectivity index (χ0) is 20.1. The van der Waals surface area contributed by atoms with Gasteiger partial charge in [0.2, 0.25) is 0 Å². The number of anilines is 1. The monoisotopic (exact) mass is 426 g/mol. The lowest BCUT2D eigenvalue weighted by Gasteiger charge is -2.20. The van der Waals surface area contributed by atoms with E-state index in [1.165, 1.54) is 4.90 Å². The molecule has 0 spiro atoms. The van der Waals surface area contributed by atoms with E-state index in [0.29, 0.717) is 15.6 Å². The molecule has 1 unspecified atom stereocenters. The molecule has 0 radical (unpaired) electrons. The minimum atomic E-state index is -4.89. The molecule has 1 fully saturated rings. The number of urea groups is 1. The first kappa shape index (κ1) is 18.6. The molecule has 13 heteroatoms. The normalized spacial score (nSPS) is 18.3. The maximum Gasteiger partial charge on any atom is 0.418 e. The Morgan fingerprint density at radius 2 is 2.07 bits per heavy atom. The van der Waals surface area contributed by atoms with Crippen LogP contribution in [0, 0.1) is 0 Å². The number of carboxylic acid groups (broad SMARTS) is 1. The van der Waals surface area contributed by atoms with E-state index < -0.39 is 28.6 Å². The van der Waals surface area contributed by atoms with Crippen molar-refractivity contribution >= 4 is 39.0 Å². The molecule has 1 aromatic heterocycles. The van der Waals surface area contributed by atoms with E-state index >= 15 is 0 Å². The number of fused-ring (bicyclic) bond motifs is 4. The second kappa shape index (κ2) is 6.70. The van der Waals surface area contributed by atoms with Gasteiger partial charge in [-0.05, 0) is 5.56 Å². The van der Waals surface area contributed by atoms with E-state index in [0.717, 1.165) is 21.8 Å². The first-order valence-electron chi connectivity index (χ1n) is 8.02. The number of nitrogens with zero attached hydrogens (tertiary/aromatic N) is 4. The lowest BCUT2D eigenvalue weighted by Crippen LogP contribution is -2.32. The lowest BCUT2D eigenvalue weighted by molar-refractivity contribution is -0.0307. The van der Waals surface area contributed by atoms with Crippen molar-refractivity contribution < 1.29 is 31.9 Å². The molecule has 11 nitrogen and oxygen atoms in total. The van der Waals surface area contributed by atoms with Crippen LogP contribution in [-0.2, 0) is 27.8 Å². The van der Waals surface area contributed by atoms with Crippen LogP contribution in [0.2, 0.25) is 0 Å². The molecule has 1 saturated heterocycles. The van der Waals surface area contributed by atoms with Gasteiger partial charge in [0.25, 0.3) is 0 Å². The summed E-state index contributed by atoms with van der Waals surface area (Å²) in [6.07, 6.45) is -1.19. The number of benzene rings is 1. The van der Waals surface area contributed by atoms with Crippen LogP contribution in [-0.4, -0.2) is 51.7 Å². The average molecular weight is 426 g/mol. The molecule has 2 aromatic rings. The Bertz CT molecular complexity index is 1040. The van der Waals surface area contributed by atoms with Crippen molar-refractivity contribution in [1.29, 1.82) is 0 Å². The van der Waals surface area contributed by atoms with Crippen LogP contribution < -0.4 is 4.90 Å². The first-order chi connectivity index (χ1) is 13.2. The summed E-state index contributed by atoms with van der Waals surface area (Å²) in [5.41, 5.74) is 1.24. The van der Waals surface area contributed by atoms with Crippen molar-refractivity contribution in [2.24, 2.45) is 0 Å². The zero-order valence-electron chi connectivity index (χ0n) is 14.1. The molecular formula is C15H14N4O7S2. The number of hydroxylamine groups is 2. The lowest BCUT2D eigenvalue weighted by atomic mass is 10.1. The topological polar surface area (TPSA) is 141 Å². The minimum absolute atomic E-state index is 0.0844. The zero-order valence-corrected chi connectivity index (χ0v) is 15.8. The Balaban J connectivity index is 1.66. The number of aromatic nitrogens is 1. The Hall–Kier alpha value is -2.74. The van der Waals surface area contributed by atoms with E-state index in [4.69, 9.17) is 4.55 Å². The molecule has 3 heterocycles. The number of hydrogen-bond acceptors (Lipinski definition) is 7. The quantitative estimate of drug-likeness (QED) is 0.690. The van der Waals surface area contributed by atoms with Crippen molar-refractivity contribution in [3.8, 4) is 0 Å². The van der Waals surface area contributed by atoms with Crippen molar-refractivity contribution in [2.45, 2.75) is 19.1 Å². The highest BCUT2D eigenvalue weighted by Gasteiger charge is 2.48. The van der Waals surface area contributed by atoms with Crippen molar-refractivity contribution in [2.75, 3.05) is 11.4 Å². The second-order valence-electron chi connectivity index (χ2n) is 6.17. The fourth-order valence-electron chi connectivity index (χ4n) is 3.14. The molecule has 2 N–H and O–H groups in total. The smallest absolute Gasteiger partial charge is 0.418 e. The molecule has 2 aliphatic rings. The summed E-state index contributed by atoms with van der Waals surface area (Å²) in [4.78, 5) is 31.2. The molecule has 0 aliphatic carbocycles. The second-order valence-corrected chi connectivity index (χ2v) is 8.18. The van der Waals surface area contributed by atoms with Crippen LogP contribution in [0.3, 0.4) is 0 Å². The van der Waals surface area contributed by atoms with Crippen LogP contribution >= 0.6 is 11.3 Å². The summed E-state index contributed by atoms with van der Waals surface area (Å²) in [7, 11) is -4.89. The van der Waals surface area contributed by atoms with Crippen LogP contribution in [0.1, 0.15) is 22.2 Å². The van der Waals surface area contributed by atoms with Crippen LogP contribution in [0.4, 0.5) is 14.7 Å². The van der Waals surface area contributed by atoms with Gasteiger partial charge in [-0.1, -0.05) is 41.7 Å². The Morgan fingerprint density at radius 3 is 2.71 bits per heavy atom. The maximum atomic E-state index is 12.2. The fourth-order valence-corrected chi connectivity index (χ4v) is 4.65. The van der Waals surface area contributed by atoms with Gasteiger partial charge in [-0.25, -0.2) is 19.5 Å². The third kappa shape index (κ3) is 3.40.